The molecule has 0 radical (unpaired) electrons. The van der Waals surface area contributed by atoms with Gasteiger partial charge in [-0.2, -0.15) is 0 Å². The summed E-state index contributed by atoms with van der Waals surface area (Å²) in [4.78, 5) is 12.5. The van der Waals surface area contributed by atoms with E-state index in [1.54, 1.807) is 0 Å². The molecule has 1 aromatic rings. The van der Waals surface area contributed by atoms with Crippen LogP contribution in [0.1, 0.15) is 40.7 Å². The number of carbonyl (C=O) groups excluding carboxylic acids is 1. The fourth-order valence-electron chi connectivity index (χ4n) is 2.21. The average Bonchev–Trinajstić information content (AvgIpc) is 2.68. The first-order chi connectivity index (χ1) is 8.08. The number of rotatable bonds is 2. The van der Waals surface area contributed by atoms with E-state index in [4.69, 9.17) is 0 Å². The highest BCUT2D eigenvalue weighted by atomic mass is 79.9. The van der Waals surface area contributed by atoms with E-state index in [0.717, 1.165) is 18.4 Å². The van der Waals surface area contributed by atoms with Crippen LogP contribution in [0.15, 0.2) is 18.2 Å². The molecular formula is C14H18BrNO. The largest absolute Gasteiger partial charge is 0.348 e. The Morgan fingerprint density at radius 1 is 1.29 bits per heavy atom. The summed E-state index contributed by atoms with van der Waals surface area (Å²) in [6.45, 7) is 4.09. The summed E-state index contributed by atoms with van der Waals surface area (Å²) in [7, 11) is 0. The number of benzene rings is 1. The van der Waals surface area contributed by atoms with Crippen LogP contribution >= 0.6 is 15.9 Å². The molecule has 0 saturated heterocycles. The topological polar surface area (TPSA) is 29.1 Å². The number of hydrogen-bond acceptors (Lipinski definition) is 1. The number of aryl methyl sites for hydroxylation is 2. The average molecular weight is 296 g/mol. The van der Waals surface area contributed by atoms with Crippen molar-refractivity contribution in [2.45, 2.75) is 44.0 Å². The maximum absolute atomic E-state index is 12.1. The van der Waals surface area contributed by atoms with Crippen LogP contribution in [0.3, 0.4) is 0 Å². The van der Waals surface area contributed by atoms with Crippen molar-refractivity contribution in [1.82, 2.24) is 5.32 Å². The Hall–Kier alpha value is -0.830. The van der Waals surface area contributed by atoms with Crippen molar-refractivity contribution in [3.8, 4) is 0 Å². The smallest absolute Gasteiger partial charge is 0.251 e. The van der Waals surface area contributed by atoms with Crippen LogP contribution in [-0.2, 0) is 0 Å². The van der Waals surface area contributed by atoms with Crippen LogP contribution < -0.4 is 5.32 Å². The van der Waals surface area contributed by atoms with Crippen LogP contribution in [0.25, 0.3) is 0 Å². The van der Waals surface area contributed by atoms with Crippen LogP contribution in [0.4, 0.5) is 0 Å². The molecule has 0 aromatic heterocycles. The summed E-state index contributed by atoms with van der Waals surface area (Å²) in [5, 5.41) is 3.11. The molecule has 0 aliphatic heterocycles. The normalized spacial score (nSPS) is 23.7. The van der Waals surface area contributed by atoms with E-state index in [0.29, 0.717) is 4.83 Å². The fourth-order valence-corrected chi connectivity index (χ4v) is 2.93. The first kappa shape index (κ1) is 12.6. The first-order valence-corrected chi connectivity index (χ1v) is 7.01. The number of nitrogens with one attached hydrogen (secondary N) is 1. The van der Waals surface area contributed by atoms with E-state index in [-0.39, 0.29) is 11.9 Å². The summed E-state index contributed by atoms with van der Waals surface area (Å²) in [5.74, 6) is 0.0458. The Bertz CT molecular complexity index is 430. The van der Waals surface area contributed by atoms with Gasteiger partial charge >= 0.3 is 0 Å². The predicted octanol–water partition coefficient (Wildman–Crippen LogP) is 3.35. The molecule has 1 aromatic carbocycles. The van der Waals surface area contributed by atoms with Crippen LogP contribution in [0, 0.1) is 13.8 Å². The van der Waals surface area contributed by atoms with Gasteiger partial charge in [0.1, 0.15) is 0 Å². The van der Waals surface area contributed by atoms with E-state index in [2.05, 4.69) is 28.2 Å². The number of hydrogen-bond donors (Lipinski definition) is 1. The van der Waals surface area contributed by atoms with Crippen LogP contribution in [0.2, 0.25) is 0 Å². The highest BCUT2D eigenvalue weighted by Crippen LogP contribution is 2.25. The molecule has 1 aliphatic carbocycles. The van der Waals surface area contributed by atoms with Crippen molar-refractivity contribution < 1.29 is 4.79 Å². The quantitative estimate of drug-likeness (QED) is 0.833. The molecule has 0 spiro atoms. The molecule has 1 aliphatic rings. The Kier molecular flexibility index (Phi) is 3.87. The molecule has 2 nitrogen and oxygen atoms in total. The second-order valence-electron chi connectivity index (χ2n) is 4.83. The molecule has 2 atom stereocenters. The van der Waals surface area contributed by atoms with E-state index in [1.807, 2.05) is 25.1 Å². The van der Waals surface area contributed by atoms with Crippen molar-refractivity contribution in [1.29, 1.82) is 0 Å². The zero-order valence-electron chi connectivity index (χ0n) is 10.3. The fraction of sp³-hybridized carbons (Fsp3) is 0.500. The number of carbonyl (C=O) groups is 1. The summed E-state index contributed by atoms with van der Waals surface area (Å²) in [5.41, 5.74) is 3.15. The van der Waals surface area contributed by atoms with Crippen molar-refractivity contribution in [3.05, 3.63) is 34.9 Å². The lowest BCUT2D eigenvalue weighted by Crippen LogP contribution is -2.37. The van der Waals surface area contributed by atoms with Crippen molar-refractivity contribution in [2.24, 2.45) is 0 Å². The zero-order chi connectivity index (χ0) is 12.4. The molecule has 1 saturated carbocycles. The highest BCUT2D eigenvalue weighted by Gasteiger charge is 2.26. The standard InChI is InChI=1S/C14H18BrNO/c1-9-6-7-11(8-10(9)2)14(17)16-13-5-3-4-12(13)15/h6-8,12-13H,3-5H2,1-2H3,(H,16,17). The van der Waals surface area contributed by atoms with Crippen LogP contribution in [-0.4, -0.2) is 16.8 Å². The molecule has 1 N–H and O–H groups in total. The van der Waals surface area contributed by atoms with E-state index in [9.17, 15) is 4.79 Å². The molecule has 0 heterocycles. The lowest BCUT2D eigenvalue weighted by molar-refractivity contribution is 0.0939. The number of amides is 1. The second kappa shape index (κ2) is 5.21. The summed E-state index contributed by atoms with van der Waals surface area (Å²) >= 11 is 3.62. The SMILES string of the molecule is Cc1ccc(C(=O)NC2CCCC2Br)cc1C. The molecule has 1 fully saturated rings. The van der Waals surface area contributed by atoms with Gasteiger partial charge in [0.25, 0.3) is 5.91 Å². The first-order valence-electron chi connectivity index (χ1n) is 6.10. The van der Waals surface area contributed by atoms with Gasteiger partial charge in [-0.3, -0.25) is 4.79 Å². The lowest BCUT2D eigenvalue weighted by Gasteiger charge is -2.16. The molecule has 3 heteroatoms. The maximum Gasteiger partial charge on any atom is 0.251 e. The third-order valence-corrected chi connectivity index (χ3v) is 4.61. The Balaban J connectivity index is 2.06. The second-order valence-corrected chi connectivity index (χ2v) is 6.00. The third-order valence-electron chi connectivity index (χ3n) is 3.52. The zero-order valence-corrected chi connectivity index (χ0v) is 11.9. The molecular weight excluding hydrogens is 278 g/mol. The molecule has 2 rings (SSSR count). The number of alkyl halides is 1. The van der Waals surface area contributed by atoms with Gasteiger partial charge in [0, 0.05) is 16.4 Å². The lowest BCUT2D eigenvalue weighted by atomic mass is 10.1. The Labute approximate surface area is 111 Å². The van der Waals surface area contributed by atoms with Gasteiger partial charge < -0.3 is 5.32 Å². The van der Waals surface area contributed by atoms with Crippen molar-refractivity contribution in [3.63, 3.8) is 0 Å². The van der Waals surface area contributed by atoms with Gasteiger partial charge in [-0.15, -0.1) is 0 Å². The van der Waals surface area contributed by atoms with Crippen molar-refractivity contribution in [2.75, 3.05) is 0 Å². The summed E-state index contributed by atoms with van der Waals surface area (Å²) in [6, 6.07) is 6.15. The molecule has 92 valence electrons. The minimum Gasteiger partial charge on any atom is -0.348 e. The predicted molar refractivity (Wildman–Crippen MR) is 73.7 cm³/mol. The van der Waals surface area contributed by atoms with E-state index in [1.165, 1.54) is 17.5 Å². The molecule has 17 heavy (non-hydrogen) atoms. The monoisotopic (exact) mass is 295 g/mol. The van der Waals surface area contributed by atoms with E-state index < -0.39 is 0 Å². The van der Waals surface area contributed by atoms with Gasteiger partial charge in [0.2, 0.25) is 0 Å². The minimum atomic E-state index is 0.0458. The number of halogens is 1. The molecule has 1 amide bonds. The minimum absolute atomic E-state index is 0.0458. The van der Waals surface area contributed by atoms with Gasteiger partial charge in [-0.25, -0.2) is 0 Å². The maximum atomic E-state index is 12.1. The van der Waals surface area contributed by atoms with Gasteiger partial charge in [0.05, 0.1) is 0 Å². The molecule has 0 bridgehead atoms. The van der Waals surface area contributed by atoms with Crippen LogP contribution in [0.5, 0.6) is 0 Å². The Morgan fingerprint density at radius 3 is 2.65 bits per heavy atom. The Morgan fingerprint density at radius 2 is 2.06 bits per heavy atom. The van der Waals surface area contributed by atoms with Gasteiger partial charge in [0.15, 0.2) is 0 Å². The van der Waals surface area contributed by atoms with E-state index >= 15 is 0 Å². The molecule has 2 unspecified atom stereocenters. The third kappa shape index (κ3) is 2.89. The summed E-state index contributed by atoms with van der Waals surface area (Å²) in [6.07, 6.45) is 3.41. The van der Waals surface area contributed by atoms with Gasteiger partial charge in [-0.05, 0) is 49.9 Å². The summed E-state index contributed by atoms with van der Waals surface area (Å²) < 4.78 is 0. The van der Waals surface area contributed by atoms with Gasteiger partial charge in [-0.1, -0.05) is 28.4 Å². The highest BCUT2D eigenvalue weighted by molar-refractivity contribution is 9.09. The van der Waals surface area contributed by atoms with Crippen molar-refractivity contribution >= 4 is 21.8 Å².